The van der Waals surface area contributed by atoms with Crippen molar-refractivity contribution in [3.05, 3.63) is 0 Å². The largest absolute Gasteiger partial charge is 0.631 e. The number of unbranched alkanes of at least 4 members (excludes halogenated alkanes) is 15. The summed E-state index contributed by atoms with van der Waals surface area (Å²) in [6.45, 7) is 5.07. The topological polar surface area (TPSA) is 104 Å². The van der Waals surface area contributed by atoms with Gasteiger partial charge in [0, 0.05) is 13.1 Å². The monoisotopic (exact) mass is 419 g/mol. The number of aliphatic hydroxyl groups excluding tert-OH is 2. The lowest BCUT2D eigenvalue weighted by molar-refractivity contribution is 0.159. The molecule has 0 bridgehead atoms. The minimum absolute atomic E-state index is 0.193. The molecule has 176 valence electrons. The molecule has 0 saturated heterocycles. The van der Waals surface area contributed by atoms with Gasteiger partial charge in [0.15, 0.2) is 0 Å². The van der Waals surface area contributed by atoms with Crippen LogP contribution in [-0.4, -0.2) is 70.4 Å². The molecule has 0 aliphatic rings. The fourth-order valence-electron chi connectivity index (χ4n) is 3.50. The Labute approximate surface area is 180 Å². The van der Waals surface area contributed by atoms with E-state index in [0.717, 1.165) is 6.54 Å². The Morgan fingerprint density at radius 3 is 1.03 bits per heavy atom. The van der Waals surface area contributed by atoms with Crippen LogP contribution in [0.15, 0.2) is 0 Å². The molecule has 0 saturated carbocycles. The second kappa shape index (κ2) is 27.8. The summed E-state index contributed by atoms with van der Waals surface area (Å²) in [5, 5.41) is 39.4. The van der Waals surface area contributed by atoms with Crippen molar-refractivity contribution in [1.29, 1.82) is 0 Å². The van der Waals surface area contributed by atoms with E-state index in [1.54, 1.807) is 0 Å². The summed E-state index contributed by atoms with van der Waals surface area (Å²) < 4.78 is 0. The van der Waals surface area contributed by atoms with Crippen LogP contribution in [-0.2, 0) is 0 Å². The van der Waals surface area contributed by atoms with E-state index in [4.69, 9.17) is 25.3 Å². The van der Waals surface area contributed by atoms with Gasteiger partial charge in [-0.05, 0) is 13.0 Å². The molecule has 29 heavy (non-hydrogen) atoms. The van der Waals surface area contributed by atoms with Crippen LogP contribution in [0.25, 0.3) is 0 Å². The van der Waals surface area contributed by atoms with Gasteiger partial charge in [0.2, 0.25) is 0 Å². The average Bonchev–Trinajstić information content (AvgIpc) is 2.67. The Balaban J connectivity index is 0. The summed E-state index contributed by atoms with van der Waals surface area (Å²) in [6, 6.07) is 0. The van der Waals surface area contributed by atoms with Gasteiger partial charge >= 0.3 is 7.32 Å². The van der Waals surface area contributed by atoms with Gasteiger partial charge in [-0.25, -0.2) is 0 Å². The Hall–Kier alpha value is -0.175. The molecular weight excluding hydrogens is 369 g/mol. The lowest BCUT2D eigenvalue weighted by Crippen LogP contribution is -2.30. The van der Waals surface area contributed by atoms with Crippen LogP contribution in [0.5, 0.6) is 0 Å². The van der Waals surface area contributed by atoms with E-state index in [-0.39, 0.29) is 13.2 Å². The molecule has 6 nitrogen and oxygen atoms in total. The van der Waals surface area contributed by atoms with Crippen molar-refractivity contribution in [2.24, 2.45) is 0 Å². The SMILES string of the molecule is CCCCCCCCCCCCCCCCCCN(CCO)CCO.OB(O)O. The second-order valence-corrected chi connectivity index (χ2v) is 7.94. The van der Waals surface area contributed by atoms with E-state index in [0.29, 0.717) is 13.1 Å². The molecule has 0 unspecified atom stereocenters. The van der Waals surface area contributed by atoms with Gasteiger partial charge in [0.25, 0.3) is 0 Å². The third-order valence-corrected chi connectivity index (χ3v) is 5.16. The molecule has 0 aliphatic carbocycles. The van der Waals surface area contributed by atoms with Crippen LogP contribution in [0.4, 0.5) is 0 Å². The minimum Gasteiger partial charge on any atom is -0.402 e. The van der Waals surface area contributed by atoms with Crippen molar-refractivity contribution in [3.63, 3.8) is 0 Å². The predicted octanol–water partition coefficient (Wildman–Crippen LogP) is 3.48. The Bertz CT molecular complexity index is 277. The standard InChI is InChI=1S/C22H47NO2.BH3O3/c1-2-3-4-5-6-7-8-9-10-11-12-13-14-15-16-17-18-23(19-21-24)20-22-25;2-1(3)4/h24-25H,2-22H2,1H3;2-4H. The molecule has 0 aromatic heterocycles. The van der Waals surface area contributed by atoms with Crippen molar-refractivity contribution in [2.45, 2.75) is 110 Å². The number of nitrogens with zero attached hydrogens (tertiary/aromatic N) is 1. The van der Waals surface area contributed by atoms with Crippen LogP contribution < -0.4 is 0 Å². The summed E-state index contributed by atoms with van der Waals surface area (Å²) in [6.07, 6.45) is 22.3. The maximum atomic E-state index is 8.97. The van der Waals surface area contributed by atoms with Crippen LogP contribution in [0.1, 0.15) is 110 Å². The molecule has 0 fully saturated rings. The van der Waals surface area contributed by atoms with Crippen LogP contribution in [0.3, 0.4) is 0 Å². The first-order valence-corrected chi connectivity index (χ1v) is 12.1. The molecule has 0 aromatic carbocycles. The van der Waals surface area contributed by atoms with Gasteiger partial charge in [-0.2, -0.15) is 0 Å². The van der Waals surface area contributed by atoms with Crippen molar-refractivity contribution >= 4 is 7.32 Å². The zero-order valence-corrected chi connectivity index (χ0v) is 19.1. The highest BCUT2D eigenvalue weighted by Crippen LogP contribution is 2.13. The lowest BCUT2D eigenvalue weighted by Gasteiger charge is -2.19. The Morgan fingerprint density at radius 1 is 0.483 bits per heavy atom. The second-order valence-electron chi connectivity index (χ2n) is 7.94. The quantitative estimate of drug-likeness (QED) is 0.144. The van der Waals surface area contributed by atoms with Crippen molar-refractivity contribution in [2.75, 3.05) is 32.8 Å². The number of hydrogen-bond acceptors (Lipinski definition) is 6. The average molecular weight is 419 g/mol. The molecule has 0 atom stereocenters. The highest BCUT2D eigenvalue weighted by Gasteiger charge is 2.02. The van der Waals surface area contributed by atoms with Crippen LogP contribution >= 0.6 is 0 Å². The van der Waals surface area contributed by atoms with Crippen molar-refractivity contribution < 1.29 is 25.3 Å². The van der Waals surface area contributed by atoms with Gasteiger partial charge in [0.05, 0.1) is 13.2 Å². The maximum Gasteiger partial charge on any atom is 0.631 e. The first kappa shape index (κ1) is 31.0. The summed E-state index contributed by atoms with van der Waals surface area (Å²) in [5.74, 6) is 0. The zero-order valence-electron chi connectivity index (χ0n) is 19.1. The fourth-order valence-corrected chi connectivity index (χ4v) is 3.50. The lowest BCUT2D eigenvalue weighted by atomic mass is 10.0. The summed E-state index contributed by atoms with van der Waals surface area (Å²) in [7, 11) is -2.17. The molecule has 7 heteroatoms. The van der Waals surface area contributed by atoms with E-state index in [1.165, 1.54) is 103 Å². The molecule has 0 spiro atoms. The molecule has 0 rings (SSSR count). The first-order valence-electron chi connectivity index (χ1n) is 12.1. The van der Waals surface area contributed by atoms with E-state index in [2.05, 4.69) is 11.8 Å². The minimum atomic E-state index is -2.17. The van der Waals surface area contributed by atoms with E-state index >= 15 is 0 Å². The van der Waals surface area contributed by atoms with E-state index in [9.17, 15) is 0 Å². The van der Waals surface area contributed by atoms with Gasteiger partial charge in [-0.1, -0.05) is 103 Å². The van der Waals surface area contributed by atoms with Gasteiger partial charge in [-0.3, -0.25) is 4.90 Å². The number of aliphatic hydroxyl groups is 2. The van der Waals surface area contributed by atoms with Crippen LogP contribution in [0.2, 0.25) is 0 Å². The number of rotatable bonds is 21. The highest BCUT2D eigenvalue weighted by molar-refractivity contribution is 6.30. The molecule has 0 radical (unpaired) electrons. The normalized spacial score (nSPS) is 10.9. The Morgan fingerprint density at radius 2 is 0.759 bits per heavy atom. The Kier molecular flexibility index (Phi) is 29.8. The third kappa shape index (κ3) is 32.7. The molecular formula is C22H50BNO5. The van der Waals surface area contributed by atoms with Crippen LogP contribution in [0, 0.1) is 0 Å². The zero-order chi connectivity index (χ0) is 22.0. The fraction of sp³-hybridized carbons (Fsp3) is 1.00. The third-order valence-electron chi connectivity index (χ3n) is 5.16. The predicted molar refractivity (Wildman–Crippen MR) is 123 cm³/mol. The van der Waals surface area contributed by atoms with Crippen molar-refractivity contribution in [1.82, 2.24) is 4.90 Å². The summed E-state index contributed by atoms with van der Waals surface area (Å²) in [4.78, 5) is 2.16. The van der Waals surface area contributed by atoms with Gasteiger partial charge in [-0.15, -0.1) is 0 Å². The summed E-state index contributed by atoms with van der Waals surface area (Å²) in [5.41, 5.74) is 0. The molecule has 0 heterocycles. The molecule has 0 aromatic rings. The van der Waals surface area contributed by atoms with E-state index in [1.807, 2.05) is 0 Å². The molecule has 0 amide bonds. The van der Waals surface area contributed by atoms with E-state index < -0.39 is 7.32 Å². The first-order chi connectivity index (χ1) is 14.1. The van der Waals surface area contributed by atoms with Gasteiger partial charge in [0.1, 0.15) is 0 Å². The summed E-state index contributed by atoms with van der Waals surface area (Å²) >= 11 is 0. The maximum absolute atomic E-state index is 8.97. The highest BCUT2D eigenvalue weighted by atomic mass is 16.5. The smallest absolute Gasteiger partial charge is 0.402 e. The van der Waals surface area contributed by atoms with Gasteiger partial charge < -0.3 is 25.3 Å². The van der Waals surface area contributed by atoms with Crippen molar-refractivity contribution in [3.8, 4) is 0 Å². The number of hydrogen-bond donors (Lipinski definition) is 5. The molecule has 5 N–H and O–H groups in total. The molecule has 0 aliphatic heterocycles.